The van der Waals surface area contributed by atoms with Gasteiger partial charge in [0.1, 0.15) is 0 Å². The van der Waals surface area contributed by atoms with Crippen molar-refractivity contribution < 1.29 is 14.7 Å². The second-order valence-electron chi connectivity index (χ2n) is 7.71. The second kappa shape index (κ2) is 6.81. The maximum absolute atomic E-state index is 11.8. The number of nitrogens with zero attached hydrogens (tertiary/aromatic N) is 2. The van der Waals surface area contributed by atoms with Crippen molar-refractivity contribution >= 4 is 11.9 Å². The zero-order valence-electron chi connectivity index (χ0n) is 15.4. The van der Waals surface area contributed by atoms with Crippen LogP contribution in [-0.4, -0.2) is 50.7 Å². The Bertz CT molecular complexity index is 850. The highest BCUT2D eigenvalue weighted by Crippen LogP contribution is 2.37. The number of aryl methyl sites for hydroxylation is 1. The van der Waals surface area contributed by atoms with Gasteiger partial charge < -0.3 is 10.4 Å². The summed E-state index contributed by atoms with van der Waals surface area (Å²) in [5.41, 5.74) is 3.88. The molecule has 0 unspecified atom stereocenters. The standard InChI is InChI=1S/C20H24N4O3/c1-13-2-4-14(5-3-13)18-15(11-21-23-18)12-24-8-6-20(7-9-24)16(19(26)27)10-17(25)22-20/h2-5,11,16H,6-10,12H2,1H3,(H,21,23)(H,22,25)(H,26,27)/t16-/m0/s1. The van der Waals surface area contributed by atoms with Crippen LogP contribution >= 0.6 is 0 Å². The second-order valence-corrected chi connectivity index (χ2v) is 7.71. The van der Waals surface area contributed by atoms with Crippen LogP contribution in [0.25, 0.3) is 11.3 Å². The predicted octanol–water partition coefficient (Wildman–Crippen LogP) is 1.94. The molecule has 2 fully saturated rings. The molecule has 142 valence electrons. The molecule has 2 saturated heterocycles. The highest BCUT2D eigenvalue weighted by molar-refractivity contribution is 5.88. The first-order chi connectivity index (χ1) is 13.0. The minimum absolute atomic E-state index is 0.0919. The largest absolute Gasteiger partial charge is 0.481 e. The molecule has 2 aliphatic rings. The molecule has 1 aromatic carbocycles. The molecule has 27 heavy (non-hydrogen) atoms. The average molecular weight is 368 g/mol. The number of hydrogen-bond donors (Lipinski definition) is 3. The number of carbonyl (C=O) groups is 2. The highest BCUT2D eigenvalue weighted by Gasteiger charge is 2.51. The van der Waals surface area contributed by atoms with Crippen LogP contribution in [0.5, 0.6) is 0 Å². The van der Waals surface area contributed by atoms with E-state index in [1.54, 1.807) is 0 Å². The Morgan fingerprint density at radius 3 is 2.67 bits per heavy atom. The van der Waals surface area contributed by atoms with E-state index in [2.05, 4.69) is 51.6 Å². The molecular formula is C20H24N4O3. The van der Waals surface area contributed by atoms with Gasteiger partial charge in [0.25, 0.3) is 0 Å². The van der Waals surface area contributed by atoms with E-state index >= 15 is 0 Å². The predicted molar refractivity (Wildman–Crippen MR) is 99.9 cm³/mol. The molecule has 1 spiro atoms. The van der Waals surface area contributed by atoms with Gasteiger partial charge in [0.05, 0.1) is 23.3 Å². The molecular weight excluding hydrogens is 344 g/mol. The average Bonchev–Trinajstić information content (AvgIpc) is 3.22. The molecule has 7 heteroatoms. The summed E-state index contributed by atoms with van der Waals surface area (Å²) in [6.45, 7) is 4.32. The molecule has 4 rings (SSSR count). The van der Waals surface area contributed by atoms with Crippen molar-refractivity contribution in [2.45, 2.75) is 38.3 Å². The van der Waals surface area contributed by atoms with Crippen molar-refractivity contribution in [1.29, 1.82) is 0 Å². The summed E-state index contributed by atoms with van der Waals surface area (Å²) >= 11 is 0. The van der Waals surface area contributed by atoms with Gasteiger partial charge in [-0.1, -0.05) is 29.8 Å². The number of amides is 1. The van der Waals surface area contributed by atoms with Gasteiger partial charge >= 0.3 is 5.97 Å². The van der Waals surface area contributed by atoms with E-state index in [-0.39, 0.29) is 12.3 Å². The fourth-order valence-corrected chi connectivity index (χ4v) is 4.35. The maximum Gasteiger partial charge on any atom is 0.309 e. The van der Waals surface area contributed by atoms with Crippen molar-refractivity contribution in [2.24, 2.45) is 5.92 Å². The van der Waals surface area contributed by atoms with Crippen LogP contribution < -0.4 is 5.32 Å². The van der Waals surface area contributed by atoms with Crippen LogP contribution in [-0.2, 0) is 16.1 Å². The van der Waals surface area contributed by atoms with Crippen molar-refractivity contribution in [3.8, 4) is 11.3 Å². The SMILES string of the molecule is Cc1ccc(-c2[nH]ncc2CN2CCC3(CC2)NC(=O)C[C@H]3C(=O)O)cc1. The fraction of sp³-hybridized carbons (Fsp3) is 0.450. The van der Waals surface area contributed by atoms with E-state index in [1.807, 2.05) is 6.20 Å². The van der Waals surface area contributed by atoms with Gasteiger partial charge in [0.15, 0.2) is 0 Å². The lowest BCUT2D eigenvalue weighted by Gasteiger charge is -2.41. The molecule has 0 radical (unpaired) electrons. The summed E-state index contributed by atoms with van der Waals surface area (Å²) in [4.78, 5) is 25.7. The number of carbonyl (C=O) groups excluding carboxylic acids is 1. The lowest BCUT2D eigenvalue weighted by molar-refractivity contribution is -0.144. The number of aromatic amines is 1. The van der Waals surface area contributed by atoms with Crippen LogP contribution in [0.1, 0.15) is 30.4 Å². The summed E-state index contributed by atoms with van der Waals surface area (Å²) in [5, 5.41) is 19.8. The summed E-state index contributed by atoms with van der Waals surface area (Å²) in [7, 11) is 0. The normalized spacial score (nSPS) is 22.1. The summed E-state index contributed by atoms with van der Waals surface area (Å²) in [6, 6.07) is 8.34. The molecule has 3 heterocycles. The molecule has 0 aliphatic carbocycles. The quantitative estimate of drug-likeness (QED) is 0.766. The first-order valence-electron chi connectivity index (χ1n) is 9.32. The number of H-pyrrole nitrogens is 1. The third-order valence-corrected chi connectivity index (χ3v) is 5.94. The lowest BCUT2D eigenvalue weighted by Crippen LogP contribution is -2.55. The number of hydrogen-bond acceptors (Lipinski definition) is 4. The minimum Gasteiger partial charge on any atom is -0.481 e. The highest BCUT2D eigenvalue weighted by atomic mass is 16.4. The maximum atomic E-state index is 11.8. The number of piperidine rings is 1. The van der Waals surface area contributed by atoms with E-state index < -0.39 is 17.4 Å². The molecule has 0 bridgehead atoms. The Labute approximate surface area is 157 Å². The van der Waals surface area contributed by atoms with Gasteiger partial charge in [-0.3, -0.25) is 19.6 Å². The van der Waals surface area contributed by atoms with E-state index in [0.717, 1.165) is 36.5 Å². The number of aliphatic carboxylic acids is 1. The Morgan fingerprint density at radius 2 is 2.00 bits per heavy atom. The monoisotopic (exact) mass is 368 g/mol. The smallest absolute Gasteiger partial charge is 0.309 e. The van der Waals surface area contributed by atoms with E-state index in [4.69, 9.17) is 0 Å². The van der Waals surface area contributed by atoms with Gasteiger partial charge in [0.2, 0.25) is 5.91 Å². The lowest BCUT2D eigenvalue weighted by atomic mass is 9.77. The molecule has 0 saturated carbocycles. The Balaban J connectivity index is 1.45. The van der Waals surface area contributed by atoms with E-state index in [9.17, 15) is 14.7 Å². The molecule has 3 N–H and O–H groups in total. The number of carboxylic acids is 1. The topological polar surface area (TPSA) is 98.3 Å². The number of aromatic nitrogens is 2. The zero-order valence-corrected chi connectivity index (χ0v) is 15.4. The van der Waals surface area contributed by atoms with Crippen LogP contribution in [0.15, 0.2) is 30.5 Å². The van der Waals surface area contributed by atoms with Gasteiger partial charge in [0, 0.05) is 31.6 Å². The number of nitrogens with one attached hydrogen (secondary N) is 2. The van der Waals surface area contributed by atoms with Gasteiger partial charge in [-0.15, -0.1) is 0 Å². The summed E-state index contributed by atoms with van der Waals surface area (Å²) in [6.07, 6.45) is 3.27. The van der Waals surface area contributed by atoms with E-state index in [0.29, 0.717) is 12.8 Å². The van der Waals surface area contributed by atoms with Crippen LogP contribution in [0.2, 0.25) is 0 Å². The van der Waals surface area contributed by atoms with Crippen molar-refractivity contribution in [1.82, 2.24) is 20.4 Å². The first kappa shape index (κ1) is 17.7. The summed E-state index contributed by atoms with van der Waals surface area (Å²) < 4.78 is 0. The third-order valence-electron chi connectivity index (χ3n) is 5.94. The van der Waals surface area contributed by atoms with Crippen LogP contribution in [0.4, 0.5) is 0 Å². The van der Waals surface area contributed by atoms with Gasteiger partial charge in [-0.05, 0) is 25.3 Å². The number of likely N-dealkylation sites (tertiary alicyclic amines) is 1. The molecule has 2 aliphatic heterocycles. The minimum atomic E-state index is -0.877. The van der Waals surface area contributed by atoms with Crippen molar-refractivity contribution in [3.05, 3.63) is 41.6 Å². The Morgan fingerprint density at radius 1 is 1.30 bits per heavy atom. The first-order valence-corrected chi connectivity index (χ1v) is 9.32. The summed E-state index contributed by atoms with van der Waals surface area (Å²) in [5.74, 6) is -1.64. The van der Waals surface area contributed by atoms with Crippen LogP contribution in [0.3, 0.4) is 0 Å². The molecule has 1 amide bonds. The van der Waals surface area contributed by atoms with Crippen molar-refractivity contribution in [3.63, 3.8) is 0 Å². The number of benzene rings is 1. The van der Waals surface area contributed by atoms with Crippen molar-refractivity contribution in [2.75, 3.05) is 13.1 Å². The third kappa shape index (κ3) is 3.35. The van der Waals surface area contributed by atoms with Gasteiger partial charge in [-0.25, -0.2) is 0 Å². The Hall–Kier alpha value is -2.67. The molecule has 1 atom stereocenters. The molecule has 1 aromatic heterocycles. The molecule has 2 aromatic rings. The zero-order chi connectivity index (χ0) is 19.0. The van der Waals surface area contributed by atoms with Crippen LogP contribution in [0, 0.1) is 12.8 Å². The van der Waals surface area contributed by atoms with E-state index in [1.165, 1.54) is 5.56 Å². The molecule has 7 nitrogen and oxygen atoms in total. The number of rotatable bonds is 4. The Kier molecular flexibility index (Phi) is 4.47. The fourth-order valence-electron chi connectivity index (χ4n) is 4.35. The van der Waals surface area contributed by atoms with Gasteiger partial charge in [-0.2, -0.15) is 5.10 Å². The number of carboxylic acid groups (broad SMARTS) is 1.